The van der Waals surface area contributed by atoms with E-state index in [0.717, 1.165) is 16.5 Å². The maximum atomic E-state index is 11.9. The topological polar surface area (TPSA) is 30.2 Å². The van der Waals surface area contributed by atoms with Crippen LogP contribution in [0.2, 0.25) is 0 Å². The number of halogens is 2. The Bertz CT molecular complexity index is 543. The van der Waals surface area contributed by atoms with Crippen LogP contribution in [0.1, 0.15) is 23.9 Å². The highest BCUT2D eigenvalue weighted by Crippen LogP contribution is 2.25. The van der Waals surface area contributed by atoms with Gasteiger partial charge in [-0.1, -0.05) is 50.9 Å². The third kappa shape index (κ3) is 2.93. The molecule has 94 valence electrons. The first-order chi connectivity index (χ1) is 8.61. The third-order valence-electron chi connectivity index (χ3n) is 2.62. The maximum Gasteiger partial charge on any atom is 0.211 e. The Kier molecular flexibility index (Phi) is 4.40. The standard InChI is InChI=1S/C14H12Br2O2/c1-2-11(16)14(17)13-8-7-12(18-13)9-3-5-10(15)6-4-9/h3-8,11H,2H2,1H3. The minimum atomic E-state index is -0.179. The number of carbonyl (C=O) groups is 1. The van der Waals surface area contributed by atoms with E-state index in [1.165, 1.54) is 0 Å². The predicted octanol–water partition coefficient (Wildman–Crippen LogP) is 5.07. The summed E-state index contributed by atoms with van der Waals surface area (Å²) in [4.78, 5) is 11.7. The molecular formula is C14H12Br2O2. The first kappa shape index (κ1) is 13.6. The van der Waals surface area contributed by atoms with E-state index in [1.54, 1.807) is 6.07 Å². The smallest absolute Gasteiger partial charge is 0.211 e. The zero-order valence-electron chi connectivity index (χ0n) is 9.82. The second kappa shape index (κ2) is 5.85. The van der Waals surface area contributed by atoms with Crippen LogP contribution in [0.3, 0.4) is 0 Å². The fraction of sp³-hybridized carbons (Fsp3) is 0.214. The monoisotopic (exact) mass is 370 g/mol. The lowest BCUT2D eigenvalue weighted by atomic mass is 10.2. The van der Waals surface area contributed by atoms with Crippen LogP contribution >= 0.6 is 31.9 Å². The summed E-state index contributed by atoms with van der Waals surface area (Å²) in [7, 11) is 0. The lowest BCUT2D eigenvalue weighted by molar-refractivity contribution is 0.0964. The van der Waals surface area contributed by atoms with Crippen molar-refractivity contribution in [1.29, 1.82) is 0 Å². The van der Waals surface area contributed by atoms with Crippen molar-refractivity contribution in [2.45, 2.75) is 18.2 Å². The van der Waals surface area contributed by atoms with Gasteiger partial charge in [0.15, 0.2) is 5.76 Å². The minimum absolute atomic E-state index is 0.0131. The number of hydrogen-bond acceptors (Lipinski definition) is 2. The Labute approximate surface area is 123 Å². The van der Waals surface area contributed by atoms with Gasteiger partial charge in [0.05, 0.1) is 4.83 Å². The Morgan fingerprint density at radius 1 is 1.22 bits per heavy atom. The fourth-order valence-electron chi connectivity index (χ4n) is 1.58. The predicted molar refractivity (Wildman–Crippen MR) is 79.2 cm³/mol. The molecule has 2 nitrogen and oxygen atoms in total. The van der Waals surface area contributed by atoms with Crippen molar-refractivity contribution >= 4 is 37.6 Å². The van der Waals surface area contributed by atoms with Crippen molar-refractivity contribution in [3.05, 3.63) is 46.6 Å². The average Bonchev–Trinajstić information content (AvgIpc) is 2.87. The largest absolute Gasteiger partial charge is 0.453 e. The van der Waals surface area contributed by atoms with Crippen LogP contribution in [0.15, 0.2) is 45.3 Å². The lowest BCUT2D eigenvalue weighted by Gasteiger charge is -2.02. The molecule has 0 amide bonds. The van der Waals surface area contributed by atoms with Crippen LogP contribution in [0.4, 0.5) is 0 Å². The number of furan rings is 1. The Morgan fingerprint density at radius 2 is 1.89 bits per heavy atom. The van der Waals surface area contributed by atoms with Gasteiger partial charge in [-0.3, -0.25) is 4.79 Å². The van der Waals surface area contributed by atoms with E-state index in [2.05, 4.69) is 31.9 Å². The van der Waals surface area contributed by atoms with E-state index < -0.39 is 0 Å². The molecule has 0 bridgehead atoms. The second-order valence-electron chi connectivity index (χ2n) is 3.91. The Hall–Kier alpha value is -0.870. The Morgan fingerprint density at radius 3 is 2.50 bits per heavy atom. The van der Waals surface area contributed by atoms with Gasteiger partial charge >= 0.3 is 0 Å². The molecule has 0 spiro atoms. The Balaban J connectivity index is 2.25. The van der Waals surface area contributed by atoms with Gasteiger partial charge in [-0.2, -0.15) is 0 Å². The highest BCUT2D eigenvalue weighted by molar-refractivity contribution is 9.10. The molecule has 0 N–H and O–H groups in total. The number of hydrogen-bond donors (Lipinski definition) is 0. The van der Waals surface area contributed by atoms with E-state index in [0.29, 0.717) is 11.5 Å². The molecule has 1 atom stereocenters. The summed E-state index contributed by atoms with van der Waals surface area (Å²) in [6.07, 6.45) is 0.743. The normalized spacial score (nSPS) is 12.4. The van der Waals surface area contributed by atoms with Gasteiger partial charge in [0.1, 0.15) is 5.76 Å². The van der Waals surface area contributed by atoms with Crippen molar-refractivity contribution in [3.63, 3.8) is 0 Å². The molecule has 0 radical (unpaired) electrons. The van der Waals surface area contributed by atoms with Crippen LogP contribution in [0, 0.1) is 0 Å². The van der Waals surface area contributed by atoms with Crippen molar-refractivity contribution in [3.8, 4) is 11.3 Å². The van der Waals surface area contributed by atoms with Crippen molar-refractivity contribution in [2.75, 3.05) is 0 Å². The quantitative estimate of drug-likeness (QED) is 0.555. The summed E-state index contributed by atoms with van der Waals surface area (Å²) in [6, 6.07) is 11.3. The SMILES string of the molecule is CCC(Br)C(=O)c1ccc(-c2ccc(Br)cc2)o1. The molecular weight excluding hydrogens is 360 g/mol. The molecule has 2 aromatic rings. The summed E-state index contributed by atoms with van der Waals surface area (Å²) in [5.74, 6) is 1.10. The molecule has 1 unspecified atom stereocenters. The van der Waals surface area contributed by atoms with Crippen LogP contribution in [-0.4, -0.2) is 10.6 Å². The highest BCUT2D eigenvalue weighted by atomic mass is 79.9. The van der Waals surface area contributed by atoms with E-state index in [9.17, 15) is 4.79 Å². The summed E-state index contributed by atoms with van der Waals surface area (Å²) in [5.41, 5.74) is 0.958. The zero-order chi connectivity index (χ0) is 13.1. The molecule has 1 aromatic carbocycles. The lowest BCUT2D eigenvalue weighted by Crippen LogP contribution is -2.11. The molecule has 0 fully saturated rings. The summed E-state index contributed by atoms with van der Waals surface area (Å²) in [5, 5.41) is 0. The second-order valence-corrected chi connectivity index (χ2v) is 5.93. The molecule has 0 aliphatic rings. The molecule has 1 aromatic heterocycles. The highest BCUT2D eigenvalue weighted by Gasteiger charge is 2.18. The number of benzene rings is 1. The number of Topliss-reactive ketones (excluding diaryl/α,β-unsaturated/α-hetero) is 1. The van der Waals surface area contributed by atoms with Crippen LogP contribution < -0.4 is 0 Å². The molecule has 4 heteroatoms. The van der Waals surface area contributed by atoms with E-state index >= 15 is 0 Å². The van der Waals surface area contributed by atoms with Gasteiger partial charge in [0, 0.05) is 10.0 Å². The van der Waals surface area contributed by atoms with Gasteiger partial charge in [-0.25, -0.2) is 0 Å². The molecule has 0 aliphatic heterocycles. The zero-order valence-corrected chi connectivity index (χ0v) is 13.0. The summed E-state index contributed by atoms with van der Waals surface area (Å²) >= 11 is 6.72. The first-order valence-electron chi connectivity index (χ1n) is 5.66. The molecule has 1 heterocycles. The third-order valence-corrected chi connectivity index (χ3v) is 4.21. The number of alkyl halides is 1. The van der Waals surface area contributed by atoms with E-state index in [1.807, 2.05) is 37.3 Å². The maximum absolute atomic E-state index is 11.9. The molecule has 0 saturated heterocycles. The van der Waals surface area contributed by atoms with Gasteiger partial charge in [-0.15, -0.1) is 0 Å². The van der Waals surface area contributed by atoms with Gasteiger partial charge in [-0.05, 0) is 30.7 Å². The molecule has 0 aliphatic carbocycles. The van der Waals surface area contributed by atoms with Gasteiger partial charge < -0.3 is 4.42 Å². The van der Waals surface area contributed by atoms with Crippen molar-refractivity contribution < 1.29 is 9.21 Å². The van der Waals surface area contributed by atoms with Crippen LogP contribution in [-0.2, 0) is 0 Å². The minimum Gasteiger partial charge on any atom is -0.453 e. The van der Waals surface area contributed by atoms with Crippen LogP contribution in [0.25, 0.3) is 11.3 Å². The summed E-state index contributed by atoms with van der Waals surface area (Å²) < 4.78 is 6.61. The number of carbonyl (C=O) groups excluding carboxylic acids is 1. The molecule has 18 heavy (non-hydrogen) atoms. The van der Waals surface area contributed by atoms with E-state index in [-0.39, 0.29) is 10.6 Å². The van der Waals surface area contributed by atoms with Crippen molar-refractivity contribution in [1.82, 2.24) is 0 Å². The number of ketones is 1. The molecule has 0 saturated carbocycles. The average molecular weight is 372 g/mol. The van der Waals surface area contributed by atoms with Gasteiger partial charge in [0.25, 0.3) is 0 Å². The molecule has 2 rings (SSSR count). The first-order valence-corrected chi connectivity index (χ1v) is 7.36. The number of rotatable bonds is 4. The van der Waals surface area contributed by atoms with E-state index in [4.69, 9.17) is 4.42 Å². The fourth-order valence-corrected chi connectivity index (χ4v) is 2.07. The van der Waals surface area contributed by atoms with Crippen LogP contribution in [0.5, 0.6) is 0 Å². The summed E-state index contributed by atoms with van der Waals surface area (Å²) in [6.45, 7) is 1.95. The van der Waals surface area contributed by atoms with Gasteiger partial charge in [0.2, 0.25) is 5.78 Å². The van der Waals surface area contributed by atoms with Crippen molar-refractivity contribution in [2.24, 2.45) is 0 Å².